The number of benzene rings is 1. The number of aromatic nitrogens is 2. The van der Waals surface area contributed by atoms with Gasteiger partial charge in [-0.25, -0.2) is 0 Å². The van der Waals surface area contributed by atoms with Gasteiger partial charge >= 0.3 is 0 Å². The van der Waals surface area contributed by atoms with Gasteiger partial charge in [0.25, 0.3) is 0 Å². The molecule has 1 aliphatic carbocycles. The maximum atomic E-state index is 12.8. The van der Waals surface area contributed by atoms with Crippen LogP contribution in [0.3, 0.4) is 0 Å². The van der Waals surface area contributed by atoms with Crippen LogP contribution in [0.5, 0.6) is 0 Å². The van der Waals surface area contributed by atoms with E-state index >= 15 is 0 Å². The molecule has 0 amide bonds. The number of rotatable bonds is 2. The highest BCUT2D eigenvalue weighted by Crippen LogP contribution is 2.29. The van der Waals surface area contributed by atoms with Gasteiger partial charge in [0.15, 0.2) is 5.78 Å². The molecule has 0 fully saturated rings. The fourth-order valence-electron chi connectivity index (χ4n) is 3.20. The number of ketones is 1. The lowest BCUT2D eigenvalue weighted by atomic mass is 9.91. The van der Waals surface area contributed by atoms with Crippen molar-refractivity contribution < 1.29 is 4.79 Å². The summed E-state index contributed by atoms with van der Waals surface area (Å²) in [5, 5.41) is 5.04. The number of carbonyl (C=O) groups is 1. The van der Waals surface area contributed by atoms with Crippen LogP contribution in [0.1, 0.15) is 40.2 Å². The maximum absolute atomic E-state index is 12.8. The number of Topliss-reactive ketones (excluding diaryl/α,β-unsaturated/α-hetero) is 1. The Kier molecular flexibility index (Phi) is 3.85. The number of aryl methyl sites for hydroxylation is 3. The van der Waals surface area contributed by atoms with Crippen molar-refractivity contribution in [1.82, 2.24) is 9.78 Å². The average molecular weight is 303 g/mol. The monoisotopic (exact) mass is 302 g/mol. The van der Waals surface area contributed by atoms with Crippen LogP contribution < -0.4 is 0 Å². The third-order valence-electron chi connectivity index (χ3n) is 4.35. The van der Waals surface area contributed by atoms with E-state index in [9.17, 15) is 4.79 Å². The lowest BCUT2D eigenvalue weighted by Crippen LogP contribution is -2.18. The van der Waals surface area contributed by atoms with E-state index in [2.05, 4.69) is 11.2 Å². The molecular weight excluding hydrogens is 284 g/mol. The van der Waals surface area contributed by atoms with Crippen LogP contribution in [0, 0.1) is 12.8 Å². The summed E-state index contributed by atoms with van der Waals surface area (Å²) in [4.78, 5) is 12.8. The van der Waals surface area contributed by atoms with Crippen molar-refractivity contribution in [2.24, 2.45) is 13.0 Å². The zero-order valence-electron chi connectivity index (χ0n) is 12.4. The lowest BCUT2D eigenvalue weighted by Gasteiger charge is -2.14. The summed E-state index contributed by atoms with van der Waals surface area (Å²) in [7, 11) is 1.89. The molecule has 0 spiro atoms. The number of nitrogens with zero attached hydrogens (tertiary/aromatic N) is 2. The van der Waals surface area contributed by atoms with E-state index in [1.807, 2.05) is 36.9 Å². The van der Waals surface area contributed by atoms with Crippen LogP contribution in [-0.2, 0) is 19.9 Å². The van der Waals surface area contributed by atoms with Gasteiger partial charge in [-0.15, -0.1) is 0 Å². The van der Waals surface area contributed by atoms with Crippen molar-refractivity contribution in [3.63, 3.8) is 0 Å². The number of hydrogen-bond acceptors (Lipinski definition) is 2. The van der Waals surface area contributed by atoms with Crippen molar-refractivity contribution >= 4 is 17.4 Å². The Labute approximate surface area is 129 Å². The van der Waals surface area contributed by atoms with Crippen molar-refractivity contribution in [3.05, 3.63) is 51.8 Å². The summed E-state index contributed by atoms with van der Waals surface area (Å²) in [6.45, 7) is 1.90. The van der Waals surface area contributed by atoms with Crippen molar-refractivity contribution in [1.29, 1.82) is 0 Å². The first kappa shape index (κ1) is 14.3. The zero-order valence-corrected chi connectivity index (χ0v) is 13.2. The summed E-state index contributed by atoms with van der Waals surface area (Å²) in [6, 6.07) is 7.97. The summed E-state index contributed by atoms with van der Waals surface area (Å²) in [6.07, 6.45) is 3.61. The van der Waals surface area contributed by atoms with Gasteiger partial charge in [-0.2, -0.15) is 5.10 Å². The summed E-state index contributed by atoms with van der Waals surface area (Å²) < 4.78 is 1.81. The SMILES string of the molecule is Cc1nn(C)c(CC2CCCc3ccccc3C2=O)c1Cl. The Morgan fingerprint density at radius 3 is 2.86 bits per heavy atom. The average Bonchev–Trinajstić information content (AvgIpc) is 2.63. The quantitative estimate of drug-likeness (QED) is 0.792. The minimum Gasteiger partial charge on any atom is -0.294 e. The molecule has 0 aliphatic heterocycles. The summed E-state index contributed by atoms with van der Waals surface area (Å²) in [5.74, 6) is 0.249. The van der Waals surface area contributed by atoms with Crippen LogP contribution in [-0.4, -0.2) is 15.6 Å². The Morgan fingerprint density at radius 1 is 1.38 bits per heavy atom. The molecule has 1 aliphatic rings. The fraction of sp³-hybridized carbons (Fsp3) is 0.412. The number of halogens is 1. The zero-order chi connectivity index (χ0) is 15.0. The Hall–Kier alpha value is -1.61. The maximum Gasteiger partial charge on any atom is 0.166 e. The first-order valence-electron chi connectivity index (χ1n) is 7.38. The molecular formula is C17H19ClN2O. The Balaban J connectivity index is 1.91. The molecule has 3 nitrogen and oxygen atoms in total. The third kappa shape index (κ3) is 2.62. The molecule has 0 bridgehead atoms. The van der Waals surface area contributed by atoms with Crippen LogP contribution in [0.25, 0.3) is 0 Å². The minimum atomic E-state index is 0.000880. The normalized spacial score (nSPS) is 18.4. The molecule has 1 atom stereocenters. The highest BCUT2D eigenvalue weighted by molar-refractivity contribution is 6.31. The summed E-state index contributed by atoms with van der Waals surface area (Å²) >= 11 is 6.33. The van der Waals surface area contributed by atoms with E-state index in [1.165, 1.54) is 5.56 Å². The topological polar surface area (TPSA) is 34.9 Å². The molecule has 1 unspecified atom stereocenters. The lowest BCUT2D eigenvalue weighted by molar-refractivity contribution is 0.0914. The number of hydrogen-bond donors (Lipinski definition) is 0. The first-order valence-corrected chi connectivity index (χ1v) is 7.76. The molecule has 1 heterocycles. The van der Waals surface area contributed by atoms with Crippen LogP contribution in [0.2, 0.25) is 5.02 Å². The van der Waals surface area contributed by atoms with Crippen LogP contribution >= 0.6 is 11.6 Å². The van der Waals surface area contributed by atoms with E-state index in [0.717, 1.165) is 36.2 Å². The molecule has 0 radical (unpaired) electrons. The highest BCUT2D eigenvalue weighted by atomic mass is 35.5. The van der Waals surface area contributed by atoms with Crippen LogP contribution in [0.15, 0.2) is 24.3 Å². The Bertz CT molecular complexity index is 690. The van der Waals surface area contributed by atoms with Crippen molar-refractivity contribution in [2.75, 3.05) is 0 Å². The molecule has 0 saturated heterocycles. The van der Waals surface area contributed by atoms with Gasteiger partial charge in [0, 0.05) is 24.9 Å². The summed E-state index contributed by atoms with van der Waals surface area (Å²) in [5.41, 5.74) is 3.86. The number of fused-ring (bicyclic) bond motifs is 1. The van der Waals surface area contributed by atoms with E-state index in [-0.39, 0.29) is 11.7 Å². The molecule has 21 heavy (non-hydrogen) atoms. The molecule has 4 heteroatoms. The highest BCUT2D eigenvalue weighted by Gasteiger charge is 2.27. The second-order valence-electron chi connectivity index (χ2n) is 5.78. The second-order valence-corrected chi connectivity index (χ2v) is 6.16. The van der Waals surface area contributed by atoms with E-state index < -0.39 is 0 Å². The minimum absolute atomic E-state index is 0.000880. The second kappa shape index (κ2) is 5.64. The van der Waals surface area contributed by atoms with Gasteiger partial charge in [-0.3, -0.25) is 9.48 Å². The molecule has 3 rings (SSSR count). The molecule has 1 aromatic heterocycles. The predicted molar refractivity (Wildman–Crippen MR) is 83.9 cm³/mol. The fourth-order valence-corrected chi connectivity index (χ4v) is 3.44. The third-order valence-corrected chi connectivity index (χ3v) is 4.85. The van der Waals surface area contributed by atoms with E-state index in [1.54, 1.807) is 0 Å². The van der Waals surface area contributed by atoms with Gasteiger partial charge in [0.2, 0.25) is 0 Å². The largest absolute Gasteiger partial charge is 0.294 e. The van der Waals surface area contributed by atoms with E-state index in [4.69, 9.17) is 11.6 Å². The first-order chi connectivity index (χ1) is 10.1. The van der Waals surface area contributed by atoms with Gasteiger partial charge < -0.3 is 0 Å². The predicted octanol–water partition coefficient (Wildman–Crippen LogP) is 3.76. The van der Waals surface area contributed by atoms with Crippen LogP contribution in [0.4, 0.5) is 0 Å². The van der Waals surface area contributed by atoms with Crippen molar-refractivity contribution in [2.45, 2.75) is 32.6 Å². The van der Waals surface area contributed by atoms with Gasteiger partial charge in [0.05, 0.1) is 16.4 Å². The molecule has 0 saturated carbocycles. The van der Waals surface area contributed by atoms with Crippen molar-refractivity contribution in [3.8, 4) is 0 Å². The molecule has 0 N–H and O–H groups in total. The molecule has 2 aromatic rings. The van der Waals surface area contributed by atoms with E-state index in [0.29, 0.717) is 11.4 Å². The smallest absolute Gasteiger partial charge is 0.166 e. The van der Waals surface area contributed by atoms with Gasteiger partial charge in [-0.05, 0) is 31.7 Å². The standard InChI is InChI=1S/C17H19ClN2O/c1-11-16(18)15(20(2)19-11)10-13-8-5-7-12-6-3-4-9-14(12)17(13)21/h3-4,6,9,13H,5,7-8,10H2,1-2H3. The number of carbonyl (C=O) groups excluding carboxylic acids is 1. The molecule has 1 aromatic carbocycles. The van der Waals surface area contributed by atoms with Gasteiger partial charge in [-0.1, -0.05) is 35.9 Å². The van der Waals surface area contributed by atoms with Gasteiger partial charge in [0.1, 0.15) is 0 Å². The molecule has 110 valence electrons. The Morgan fingerprint density at radius 2 is 2.14 bits per heavy atom.